The molecule has 33 heavy (non-hydrogen) atoms. The molecule has 172 valence electrons. The van der Waals surface area contributed by atoms with Gasteiger partial charge in [0.05, 0.1) is 21.1 Å². The van der Waals surface area contributed by atoms with Crippen molar-refractivity contribution in [2.45, 2.75) is 24.5 Å². The van der Waals surface area contributed by atoms with Crippen LogP contribution in [0.25, 0.3) is 0 Å². The SMILES string of the molecule is Cc1noc(C)c1CSc1ccccc1C(=O)N1CCN(C(=O)c2ccc([N+](=O)[O-])s2)CC1. The molecule has 0 spiro atoms. The molecule has 1 aliphatic rings. The van der Waals surface area contributed by atoms with Gasteiger partial charge >= 0.3 is 5.00 Å². The van der Waals surface area contributed by atoms with Crippen molar-refractivity contribution in [3.63, 3.8) is 0 Å². The van der Waals surface area contributed by atoms with Crippen molar-refractivity contribution in [2.75, 3.05) is 26.2 Å². The molecule has 11 heteroatoms. The summed E-state index contributed by atoms with van der Waals surface area (Å²) in [5.74, 6) is 1.12. The van der Waals surface area contributed by atoms with Crippen molar-refractivity contribution in [2.24, 2.45) is 0 Å². The highest BCUT2D eigenvalue weighted by molar-refractivity contribution is 7.98. The van der Waals surface area contributed by atoms with Crippen molar-refractivity contribution in [1.29, 1.82) is 0 Å². The smallest absolute Gasteiger partial charge is 0.324 e. The van der Waals surface area contributed by atoms with Crippen LogP contribution in [-0.2, 0) is 5.75 Å². The third-order valence-corrected chi connectivity index (χ3v) is 7.63. The number of carbonyl (C=O) groups excluding carboxylic acids is 2. The first-order chi connectivity index (χ1) is 15.8. The lowest BCUT2D eigenvalue weighted by Crippen LogP contribution is -2.50. The van der Waals surface area contributed by atoms with Crippen LogP contribution in [0.2, 0.25) is 0 Å². The van der Waals surface area contributed by atoms with Crippen LogP contribution in [0.15, 0.2) is 45.8 Å². The van der Waals surface area contributed by atoms with E-state index in [9.17, 15) is 19.7 Å². The average molecular weight is 487 g/mol. The Bertz CT molecular complexity index is 1180. The number of hydrogen-bond acceptors (Lipinski definition) is 8. The molecular weight excluding hydrogens is 464 g/mol. The van der Waals surface area contributed by atoms with E-state index in [1.807, 2.05) is 38.1 Å². The maximum absolute atomic E-state index is 13.2. The Kier molecular flexibility index (Phi) is 6.80. The van der Waals surface area contributed by atoms with Crippen molar-refractivity contribution in [1.82, 2.24) is 15.0 Å². The average Bonchev–Trinajstić information content (AvgIpc) is 3.44. The van der Waals surface area contributed by atoms with Gasteiger partial charge in [0, 0.05) is 48.5 Å². The first-order valence-corrected chi connectivity index (χ1v) is 12.1. The van der Waals surface area contributed by atoms with Gasteiger partial charge in [0.1, 0.15) is 5.76 Å². The fourth-order valence-electron chi connectivity index (χ4n) is 3.61. The predicted molar refractivity (Wildman–Crippen MR) is 125 cm³/mol. The second-order valence-corrected chi connectivity index (χ2v) is 9.65. The third-order valence-electron chi connectivity index (χ3n) is 5.51. The van der Waals surface area contributed by atoms with E-state index in [1.165, 1.54) is 12.1 Å². The van der Waals surface area contributed by atoms with E-state index in [4.69, 9.17) is 4.52 Å². The van der Waals surface area contributed by atoms with Crippen LogP contribution in [0, 0.1) is 24.0 Å². The molecule has 0 aliphatic carbocycles. The zero-order valence-corrected chi connectivity index (χ0v) is 19.8. The molecule has 0 unspecified atom stereocenters. The number of amides is 2. The van der Waals surface area contributed by atoms with Crippen LogP contribution >= 0.6 is 23.1 Å². The molecule has 3 heterocycles. The molecule has 1 aliphatic heterocycles. The topological polar surface area (TPSA) is 110 Å². The van der Waals surface area contributed by atoms with E-state index in [2.05, 4.69) is 5.16 Å². The first kappa shape index (κ1) is 23.0. The molecule has 1 saturated heterocycles. The standard InChI is InChI=1S/C22H22N4O5S2/c1-14-17(15(2)31-23-14)13-32-18-6-4-3-5-16(18)21(27)24-9-11-25(12-10-24)22(28)19-7-8-20(33-19)26(29)30/h3-8H,9-13H2,1-2H3. The van der Waals surface area contributed by atoms with Gasteiger partial charge in [-0.1, -0.05) is 28.6 Å². The van der Waals surface area contributed by atoms with E-state index in [-0.39, 0.29) is 16.8 Å². The summed E-state index contributed by atoms with van der Waals surface area (Å²) in [6.45, 7) is 5.35. The van der Waals surface area contributed by atoms with Crippen molar-refractivity contribution in [3.8, 4) is 0 Å². The Morgan fingerprint density at radius 3 is 2.36 bits per heavy atom. The summed E-state index contributed by atoms with van der Waals surface area (Å²) in [7, 11) is 0. The number of aromatic nitrogens is 1. The molecule has 3 aromatic rings. The largest absolute Gasteiger partial charge is 0.361 e. The number of thiophene rings is 1. The van der Waals surface area contributed by atoms with Gasteiger partial charge in [0.2, 0.25) is 0 Å². The minimum Gasteiger partial charge on any atom is -0.361 e. The summed E-state index contributed by atoms with van der Waals surface area (Å²) in [5, 5.41) is 14.8. The van der Waals surface area contributed by atoms with E-state index in [0.717, 1.165) is 33.2 Å². The fraction of sp³-hybridized carbons (Fsp3) is 0.318. The van der Waals surface area contributed by atoms with Crippen LogP contribution in [-0.4, -0.2) is 57.9 Å². The molecule has 0 N–H and O–H groups in total. The Labute approximate surface area is 198 Å². The van der Waals surface area contributed by atoms with E-state index in [1.54, 1.807) is 21.6 Å². The third kappa shape index (κ3) is 4.93. The lowest BCUT2D eigenvalue weighted by Gasteiger charge is -2.34. The summed E-state index contributed by atoms with van der Waals surface area (Å²) in [5.41, 5.74) is 2.51. The number of benzene rings is 1. The molecule has 2 amide bonds. The molecule has 0 bridgehead atoms. The number of thioether (sulfide) groups is 1. The number of piperazine rings is 1. The molecule has 0 atom stereocenters. The zero-order valence-electron chi connectivity index (χ0n) is 18.1. The monoisotopic (exact) mass is 486 g/mol. The highest BCUT2D eigenvalue weighted by Crippen LogP contribution is 2.30. The molecule has 9 nitrogen and oxygen atoms in total. The number of nitrogens with zero attached hydrogens (tertiary/aromatic N) is 4. The van der Waals surface area contributed by atoms with Gasteiger partial charge in [-0.15, -0.1) is 11.8 Å². The minimum atomic E-state index is -0.501. The number of carbonyl (C=O) groups is 2. The summed E-state index contributed by atoms with van der Waals surface area (Å²) >= 11 is 2.44. The van der Waals surface area contributed by atoms with Crippen molar-refractivity contribution < 1.29 is 19.0 Å². The first-order valence-electron chi connectivity index (χ1n) is 10.3. The van der Waals surface area contributed by atoms with Crippen molar-refractivity contribution in [3.05, 3.63) is 74.0 Å². The van der Waals surface area contributed by atoms with Crippen LogP contribution < -0.4 is 0 Å². The minimum absolute atomic E-state index is 0.0575. The van der Waals surface area contributed by atoms with E-state index < -0.39 is 4.92 Å². The van der Waals surface area contributed by atoms with Crippen LogP contribution in [0.3, 0.4) is 0 Å². The van der Waals surface area contributed by atoms with E-state index >= 15 is 0 Å². The molecule has 0 radical (unpaired) electrons. The van der Waals surface area contributed by atoms with Crippen LogP contribution in [0.5, 0.6) is 0 Å². The number of hydrogen-bond donors (Lipinski definition) is 0. The Morgan fingerprint density at radius 1 is 1.09 bits per heavy atom. The van der Waals surface area contributed by atoms with Crippen molar-refractivity contribution >= 4 is 39.9 Å². The second kappa shape index (κ2) is 9.75. The maximum atomic E-state index is 13.2. The molecular formula is C22H22N4O5S2. The Morgan fingerprint density at radius 2 is 1.76 bits per heavy atom. The summed E-state index contributed by atoms with van der Waals surface area (Å²) < 4.78 is 5.23. The number of rotatable bonds is 6. The molecule has 4 rings (SSSR count). The Balaban J connectivity index is 1.39. The normalized spacial score (nSPS) is 13.9. The number of aryl methyl sites for hydroxylation is 2. The second-order valence-electron chi connectivity index (χ2n) is 7.57. The van der Waals surface area contributed by atoms with Gasteiger partial charge in [-0.3, -0.25) is 19.7 Å². The highest BCUT2D eigenvalue weighted by atomic mass is 32.2. The molecule has 1 aromatic carbocycles. The molecule has 0 saturated carbocycles. The molecule has 2 aromatic heterocycles. The van der Waals surface area contributed by atoms with Crippen LogP contribution in [0.1, 0.15) is 37.0 Å². The van der Waals surface area contributed by atoms with Gasteiger partial charge in [-0.2, -0.15) is 0 Å². The van der Waals surface area contributed by atoms with Gasteiger partial charge in [0.25, 0.3) is 11.8 Å². The summed E-state index contributed by atoms with van der Waals surface area (Å²) in [4.78, 5) is 40.9. The maximum Gasteiger partial charge on any atom is 0.324 e. The lowest BCUT2D eigenvalue weighted by molar-refractivity contribution is -0.380. The summed E-state index contributed by atoms with van der Waals surface area (Å²) in [6.07, 6.45) is 0. The lowest BCUT2D eigenvalue weighted by atomic mass is 10.1. The number of nitro groups is 1. The summed E-state index contributed by atoms with van der Waals surface area (Å²) in [6, 6.07) is 10.3. The predicted octanol–water partition coefficient (Wildman–Crippen LogP) is 4.15. The van der Waals surface area contributed by atoms with Gasteiger partial charge < -0.3 is 14.3 Å². The zero-order chi connectivity index (χ0) is 23.5. The highest BCUT2D eigenvalue weighted by Gasteiger charge is 2.28. The van der Waals surface area contributed by atoms with Gasteiger partial charge in [-0.25, -0.2) is 0 Å². The molecule has 1 fully saturated rings. The van der Waals surface area contributed by atoms with Gasteiger partial charge in [0.15, 0.2) is 0 Å². The van der Waals surface area contributed by atoms with Crippen LogP contribution in [0.4, 0.5) is 5.00 Å². The quantitative estimate of drug-likeness (QED) is 0.292. The Hall–Kier alpha value is -3.18. The van der Waals surface area contributed by atoms with E-state index in [0.29, 0.717) is 42.4 Å². The van der Waals surface area contributed by atoms with Gasteiger partial charge in [-0.05, 0) is 32.0 Å². The fourth-order valence-corrected chi connectivity index (χ4v) is 5.59.